The Hall–Kier alpha value is -3.21. The molecule has 5 heteroatoms. The number of nitrogens with zero attached hydrogens (tertiary/aromatic N) is 2. The molecule has 0 saturated heterocycles. The second kappa shape index (κ2) is 6.91. The molecule has 0 radical (unpaired) electrons. The lowest BCUT2D eigenvalue weighted by atomic mass is 10.2. The van der Waals surface area contributed by atoms with Crippen molar-refractivity contribution >= 4 is 17.8 Å². The van der Waals surface area contributed by atoms with Crippen molar-refractivity contribution in [3.63, 3.8) is 0 Å². The number of carbonyl (C=O) groups excluding carboxylic acids is 1. The molecule has 24 heavy (non-hydrogen) atoms. The lowest BCUT2D eigenvalue weighted by Crippen LogP contribution is -2.13. The average molecular weight is 321 g/mol. The summed E-state index contributed by atoms with van der Waals surface area (Å²) in [7, 11) is 0. The van der Waals surface area contributed by atoms with E-state index in [9.17, 15) is 9.18 Å². The molecule has 2 aromatic carbocycles. The van der Waals surface area contributed by atoms with E-state index in [2.05, 4.69) is 10.4 Å². The van der Waals surface area contributed by atoms with Gasteiger partial charge in [0, 0.05) is 11.6 Å². The molecule has 1 amide bonds. The Kier molecular flexibility index (Phi) is 4.52. The van der Waals surface area contributed by atoms with Gasteiger partial charge in [0.05, 0.1) is 11.9 Å². The SMILES string of the molecule is Cc1cnn(-c2ccccc2)c1NC(=O)/C=C/c1cccc(F)c1. The average Bonchev–Trinajstić information content (AvgIpc) is 2.95. The zero-order valence-electron chi connectivity index (χ0n) is 13.1. The summed E-state index contributed by atoms with van der Waals surface area (Å²) in [4.78, 5) is 12.2. The van der Waals surface area contributed by atoms with E-state index in [1.807, 2.05) is 37.3 Å². The molecule has 0 aliphatic rings. The van der Waals surface area contributed by atoms with Crippen LogP contribution in [0.4, 0.5) is 10.2 Å². The number of benzene rings is 2. The van der Waals surface area contributed by atoms with Gasteiger partial charge >= 0.3 is 0 Å². The number of aromatic nitrogens is 2. The summed E-state index contributed by atoms with van der Waals surface area (Å²) >= 11 is 0. The maximum atomic E-state index is 13.1. The molecule has 0 unspecified atom stereocenters. The number of amides is 1. The van der Waals surface area contributed by atoms with Crippen LogP contribution in [0.5, 0.6) is 0 Å². The number of hydrogen-bond acceptors (Lipinski definition) is 2. The molecule has 0 saturated carbocycles. The van der Waals surface area contributed by atoms with Gasteiger partial charge in [-0.3, -0.25) is 4.79 Å². The highest BCUT2D eigenvalue weighted by atomic mass is 19.1. The molecule has 0 atom stereocenters. The molecule has 4 nitrogen and oxygen atoms in total. The smallest absolute Gasteiger partial charge is 0.249 e. The minimum atomic E-state index is -0.337. The van der Waals surface area contributed by atoms with Crippen molar-refractivity contribution in [2.45, 2.75) is 6.92 Å². The topological polar surface area (TPSA) is 46.9 Å². The summed E-state index contributed by atoms with van der Waals surface area (Å²) in [5.74, 6) is -0.0364. The second-order valence-corrected chi connectivity index (χ2v) is 5.30. The van der Waals surface area contributed by atoms with Crippen molar-refractivity contribution < 1.29 is 9.18 Å². The number of halogens is 1. The maximum Gasteiger partial charge on any atom is 0.249 e. The number of carbonyl (C=O) groups is 1. The van der Waals surface area contributed by atoms with E-state index in [1.165, 1.54) is 18.2 Å². The van der Waals surface area contributed by atoms with Gasteiger partial charge in [-0.25, -0.2) is 9.07 Å². The summed E-state index contributed by atoms with van der Waals surface area (Å²) in [6.45, 7) is 1.87. The summed E-state index contributed by atoms with van der Waals surface area (Å²) in [5, 5.41) is 7.12. The van der Waals surface area contributed by atoms with Crippen LogP contribution in [0.3, 0.4) is 0 Å². The van der Waals surface area contributed by atoms with Crippen LogP contribution < -0.4 is 5.32 Å². The highest BCUT2D eigenvalue weighted by molar-refractivity contribution is 6.02. The maximum absolute atomic E-state index is 13.1. The lowest BCUT2D eigenvalue weighted by Gasteiger charge is -2.08. The van der Waals surface area contributed by atoms with Gasteiger partial charge < -0.3 is 5.32 Å². The first-order valence-corrected chi connectivity index (χ1v) is 7.48. The van der Waals surface area contributed by atoms with Gasteiger partial charge in [0.15, 0.2) is 0 Å². The number of anilines is 1. The molecule has 1 heterocycles. The van der Waals surface area contributed by atoms with Crippen molar-refractivity contribution in [1.82, 2.24) is 9.78 Å². The van der Waals surface area contributed by atoms with Gasteiger partial charge in [0.2, 0.25) is 5.91 Å². The number of rotatable bonds is 4. The van der Waals surface area contributed by atoms with E-state index in [4.69, 9.17) is 0 Å². The number of nitrogens with one attached hydrogen (secondary N) is 1. The van der Waals surface area contributed by atoms with E-state index in [1.54, 1.807) is 29.1 Å². The third-order valence-corrected chi connectivity index (χ3v) is 3.47. The highest BCUT2D eigenvalue weighted by Gasteiger charge is 2.10. The van der Waals surface area contributed by atoms with Crippen molar-refractivity contribution in [2.24, 2.45) is 0 Å². The number of para-hydroxylation sites is 1. The van der Waals surface area contributed by atoms with Crippen LogP contribution in [0.15, 0.2) is 66.9 Å². The van der Waals surface area contributed by atoms with Crippen LogP contribution >= 0.6 is 0 Å². The van der Waals surface area contributed by atoms with Crippen LogP contribution in [-0.4, -0.2) is 15.7 Å². The monoisotopic (exact) mass is 321 g/mol. The van der Waals surface area contributed by atoms with Gasteiger partial charge in [0.1, 0.15) is 11.6 Å². The molecule has 0 aliphatic heterocycles. The van der Waals surface area contributed by atoms with Crippen molar-refractivity contribution in [3.05, 3.63) is 83.8 Å². The largest absolute Gasteiger partial charge is 0.307 e. The predicted molar refractivity (Wildman–Crippen MR) is 92.4 cm³/mol. The number of aryl methyl sites for hydroxylation is 1. The quantitative estimate of drug-likeness (QED) is 0.739. The van der Waals surface area contributed by atoms with E-state index >= 15 is 0 Å². The second-order valence-electron chi connectivity index (χ2n) is 5.30. The van der Waals surface area contributed by atoms with E-state index in [0.717, 1.165) is 11.3 Å². The predicted octanol–water partition coefficient (Wildman–Crippen LogP) is 3.97. The Morgan fingerprint density at radius 1 is 1.17 bits per heavy atom. The molecule has 1 N–H and O–H groups in total. The van der Waals surface area contributed by atoms with Crippen LogP contribution in [0, 0.1) is 12.7 Å². The molecule has 0 fully saturated rings. The Bertz CT molecular complexity index is 885. The molecule has 0 bridgehead atoms. The Morgan fingerprint density at radius 3 is 2.71 bits per heavy atom. The molecule has 3 aromatic rings. The third-order valence-electron chi connectivity index (χ3n) is 3.47. The third kappa shape index (κ3) is 3.57. The summed E-state index contributed by atoms with van der Waals surface area (Å²) in [6, 6.07) is 15.6. The minimum absolute atomic E-state index is 0.306. The molecule has 120 valence electrons. The van der Waals surface area contributed by atoms with Crippen LogP contribution in [0.2, 0.25) is 0 Å². The zero-order valence-corrected chi connectivity index (χ0v) is 13.1. The Labute approximate surface area is 139 Å². The fourth-order valence-corrected chi connectivity index (χ4v) is 2.29. The first-order chi connectivity index (χ1) is 11.6. The number of hydrogen-bond donors (Lipinski definition) is 1. The normalized spacial score (nSPS) is 10.9. The van der Waals surface area contributed by atoms with Gasteiger partial charge in [-0.05, 0) is 42.8 Å². The molecule has 1 aromatic heterocycles. The minimum Gasteiger partial charge on any atom is -0.307 e. The van der Waals surface area contributed by atoms with Crippen LogP contribution in [-0.2, 0) is 4.79 Å². The van der Waals surface area contributed by atoms with Crippen LogP contribution in [0.25, 0.3) is 11.8 Å². The van der Waals surface area contributed by atoms with E-state index < -0.39 is 0 Å². The van der Waals surface area contributed by atoms with E-state index in [-0.39, 0.29) is 11.7 Å². The first kappa shape index (κ1) is 15.7. The summed E-state index contributed by atoms with van der Waals surface area (Å²) in [5.41, 5.74) is 2.33. The molecule has 0 aliphatic carbocycles. The first-order valence-electron chi connectivity index (χ1n) is 7.48. The summed E-state index contributed by atoms with van der Waals surface area (Å²) < 4.78 is 14.8. The fourth-order valence-electron chi connectivity index (χ4n) is 2.29. The standard InChI is InChI=1S/C19H16FN3O/c1-14-13-21-23(17-8-3-2-4-9-17)19(14)22-18(24)11-10-15-6-5-7-16(20)12-15/h2-13H,1H3,(H,22,24)/b11-10+. The summed E-state index contributed by atoms with van der Waals surface area (Å²) in [6.07, 6.45) is 4.63. The molecule has 0 spiro atoms. The van der Waals surface area contributed by atoms with Gasteiger partial charge in [-0.1, -0.05) is 30.3 Å². The lowest BCUT2D eigenvalue weighted by molar-refractivity contribution is -0.111. The van der Waals surface area contributed by atoms with Crippen molar-refractivity contribution in [3.8, 4) is 5.69 Å². The molecule has 3 rings (SSSR count). The molecular weight excluding hydrogens is 305 g/mol. The zero-order chi connectivity index (χ0) is 16.9. The van der Waals surface area contributed by atoms with Gasteiger partial charge in [-0.15, -0.1) is 0 Å². The Balaban J connectivity index is 1.79. The fraction of sp³-hybridized carbons (Fsp3) is 0.0526. The Morgan fingerprint density at radius 2 is 1.96 bits per heavy atom. The van der Waals surface area contributed by atoms with Crippen LogP contribution in [0.1, 0.15) is 11.1 Å². The highest BCUT2D eigenvalue weighted by Crippen LogP contribution is 2.19. The van der Waals surface area contributed by atoms with Gasteiger partial charge in [0.25, 0.3) is 0 Å². The van der Waals surface area contributed by atoms with Gasteiger partial charge in [-0.2, -0.15) is 5.10 Å². The molecular formula is C19H16FN3O. The van der Waals surface area contributed by atoms with Crippen molar-refractivity contribution in [1.29, 1.82) is 0 Å². The van der Waals surface area contributed by atoms with E-state index in [0.29, 0.717) is 11.4 Å². The van der Waals surface area contributed by atoms with Crippen molar-refractivity contribution in [2.75, 3.05) is 5.32 Å².